The average Bonchev–Trinajstić information content (AvgIpc) is 2.42. The normalized spacial score (nSPS) is 14.3. The summed E-state index contributed by atoms with van der Waals surface area (Å²) in [5.41, 5.74) is 12.2. The van der Waals surface area contributed by atoms with Crippen LogP contribution in [0.3, 0.4) is 0 Å². The highest BCUT2D eigenvalue weighted by Gasteiger charge is 2.16. The second kappa shape index (κ2) is 4.96. The number of benzene rings is 2. The maximum Gasteiger partial charge on any atom is 0.0429 e. The van der Waals surface area contributed by atoms with Gasteiger partial charge in [0, 0.05) is 24.5 Å². The smallest absolute Gasteiger partial charge is 0.0429 e. The molecule has 0 saturated carbocycles. The summed E-state index contributed by atoms with van der Waals surface area (Å²) in [7, 11) is 0. The van der Waals surface area contributed by atoms with Crippen molar-refractivity contribution in [1.82, 2.24) is 0 Å². The van der Waals surface area contributed by atoms with Crippen molar-refractivity contribution in [3.8, 4) is 0 Å². The molecule has 0 spiro atoms. The van der Waals surface area contributed by atoms with Gasteiger partial charge in [0.2, 0.25) is 0 Å². The third-order valence-corrected chi connectivity index (χ3v) is 3.82. The molecule has 0 saturated heterocycles. The summed E-state index contributed by atoms with van der Waals surface area (Å²) in [6.45, 7) is 4.21. The maximum absolute atomic E-state index is 5.93. The lowest BCUT2D eigenvalue weighted by Gasteiger charge is -2.31. The fourth-order valence-corrected chi connectivity index (χ4v) is 2.75. The van der Waals surface area contributed by atoms with Crippen LogP contribution in [-0.4, -0.2) is 6.54 Å². The SMILES string of the molecule is Cc1ccc(CN2CCCc3ccc(N)cc32)cc1. The fourth-order valence-electron chi connectivity index (χ4n) is 2.75. The van der Waals surface area contributed by atoms with Gasteiger partial charge in [-0.15, -0.1) is 0 Å². The topological polar surface area (TPSA) is 29.3 Å². The van der Waals surface area contributed by atoms with Gasteiger partial charge in [-0.05, 0) is 43.0 Å². The van der Waals surface area contributed by atoms with Gasteiger partial charge in [0.15, 0.2) is 0 Å². The van der Waals surface area contributed by atoms with Crippen molar-refractivity contribution in [3.05, 3.63) is 59.2 Å². The molecule has 3 rings (SSSR count). The van der Waals surface area contributed by atoms with Crippen molar-refractivity contribution < 1.29 is 0 Å². The van der Waals surface area contributed by atoms with Gasteiger partial charge >= 0.3 is 0 Å². The summed E-state index contributed by atoms with van der Waals surface area (Å²) in [5.74, 6) is 0. The number of nitrogens with two attached hydrogens (primary N) is 1. The summed E-state index contributed by atoms with van der Waals surface area (Å²) >= 11 is 0. The first-order chi connectivity index (χ1) is 9.22. The van der Waals surface area contributed by atoms with E-state index in [2.05, 4.69) is 48.2 Å². The number of hydrogen-bond acceptors (Lipinski definition) is 2. The molecule has 98 valence electrons. The van der Waals surface area contributed by atoms with Crippen LogP contribution in [0.25, 0.3) is 0 Å². The number of aryl methyl sites for hydroxylation is 2. The molecule has 1 aliphatic rings. The molecule has 1 aliphatic heterocycles. The summed E-state index contributed by atoms with van der Waals surface area (Å²) in [4.78, 5) is 2.44. The standard InChI is InChI=1S/C17H20N2/c1-13-4-6-14(7-5-13)12-19-10-2-3-15-8-9-16(18)11-17(15)19/h4-9,11H,2-3,10,12,18H2,1H3. The molecule has 0 unspecified atom stereocenters. The van der Waals surface area contributed by atoms with E-state index in [-0.39, 0.29) is 0 Å². The van der Waals surface area contributed by atoms with E-state index in [1.54, 1.807) is 0 Å². The van der Waals surface area contributed by atoms with E-state index in [1.807, 2.05) is 6.07 Å². The van der Waals surface area contributed by atoms with E-state index >= 15 is 0 Å². The highest BCUT2D eigenvalue weighted by Crippen LogP contribution is 2.30. The first kappa shape index (κ1) is 12.1. The Labute approximate surface area is 114 Å². The Hall–Kier alpha value is -1.96. The van der Waals surface area contributed by atoms with Crippen LogP contribution in [0.15, 0.2) is 42.5 Å². The van der Waals surface area contributed by atoms with Crippen LogP contribution in [0.2, 0.25) is 0 Å². The maximum atomic E-state index is 5.93. The number of nitrogen functional groups attached to an aromatic ring is 1. The molecule has 2 heteroatoms. The Kier molecular flexibility index (Phi) is 3.16. The van der Waals surface area contributed by atoms with E-state index in [9.17, 15) is 0 Å². The second-order valence-electron chi connectivity index (χ2n) is 5.40. The van der Waals surface area contributed by atoms with Gasteiger partial charge in [0.05, 0.1) is 0 Å². The number of rotatable bonds is 2. The monoisotopic (exact) mass is 252 g/mol. The minimum absolute atomic E-state index is 0.856. The molecular weight excluding hydrogens is 232 g/mol. The van der Waals surface area contributed by atoms with Crippen LogP contribution in [-0.2, 0) is 13.0 Å². The van der Waals surface area contributed by atoms with Gasteiger partial charge in [-0.2, -0.15) is 0 Å². The Morgan fingerprint density at radius 1 is 1.11 bits per heavy atom. The van der Waals surface area contributed by atoms with Crippen molar-refractivity contribution in [3.63, 3.8) is 0 Å². The van der Waals surface area contributed by atoms with Crippen LogP contribution >= 0.6 is 0 Å². The van der Waals surface area contributed by atoms with Crippen LogP contribution in [0.4, 0.5) is 11.4 Å². The van der Waals surface area contributed by atoms with Crippen molar-refractivity contribution >= 4 is 11.4 Å². The van der Waals surface area contributed by atoms with Crippen molar-refractivity contribution in [2.75, 3.05) is 17.2 Å². The summed E-state index contributed by atoms with van der Waals surface area (Å²) in [6.07, 6.45) is 2.39. The molecule has 0 radical (unpaired) electrons. The predicted octanol–water partition coefficient (Wildman–Crippen LogP) is 3.53. The molecule has 2 N–H and O–H groups in total. The Morgan fingerprint density at radius 2 is 1.89 bits per heavy atom. The quantitative estimate of drug-likeness (QED) is 0.828. The van der Waals surface area contributed by atoms with Crippen molar-refractivity contribution in [2.24, 2.45) is 0 Å². The van der Waals surface area contributed by atoms with Crippen LogP contribution in [0.1, 0.15) is 23.1 Å². The molecule has 2 aromatic carbocycles. The molecule has 0 aliphatic carbocycles. The van der Waals surface area contributed by atoms with Crippen LogP contribution < -0.4 is 10.6 Å². The van der Waals surface area contributed by atoms with Gasteiger partial charge < -0.3 is 10.6 Å². The van der Waals surface area contributed by atoms with Gasteiger partial charge in [-0.25, -0.2) is 0 Å². The van der Waals surface area contributed by atoms with Crippen molar-refractivity contribution in [1.29, 1.82) is 0 Å². The number of anilines is 2. The highest BCUT2D eigenvalue weighted by atomic mass is 15.1. The molecule has 0 fully saturated rings. The largest absolute Gasteiger partial charge is 0.399 e. The predicted molar refractivity (Wildman–Crippen MR) is 81.4 cm³/mol. The highest BCUT2D eigenvalue weighted by molar-refractivity contribution is 5.62. The first-order valence-corrected chi connectivity index (χ1v) is 6.91. The Bertz CT molecular complexity index is 572. The summed E-state index contributed by atoms with van der Waals surface area (Å²) in [5, 5.41) is 0. The fraction of sp³-hybridized carbons (Fsp3) is 0.294. The molecule has 19 heavy (non-hydrogen) atoms. The zero-order chi connectivity index (χ0) is 13.2. The van der Waals surface area contributed by atoms with Gasteiger partial charge in [0.1, 0.15) is 0 Å². The van der Waals surface area contributed by atoms with Gasteiger partial charge in [-0.3, -0.25) is 0 Å². The third-order valence-electron chi connectivity index (χ3n) is 3.82. The van der Waals surface area contributed by atoms with Crippen LogP contribution in [0.5, 0.6) is 0 Å². The van der Waals surface area contributed by atoms with E-state index in [0.717, 1.165) is 18.8 Å². The first-order valence-electron chi connectivity index (χ1n) is 6.91. The van der Waals surface area contributed by atoms with Crippen molar-refractivity contribution in [2.45, 2.75) is 26.3 Å². The molecule has 0 aromatic heterocycles. The third kappa shape index (κ3) is 2.58. The summed E-state index contributed by atoms with van der Waals surface area (Å²) in [6, 6.07) is 15.1. The minimum Gasteiger partial charge on any atom is -0.399 e. The molecule has 2 nitrogen and oxygen atoms in total. The number of nitrogens with zero attached hydrogens (tertiary/aromatic N) is 1. The molecule has 0 atom stereocenters. The molecule has 0 amide bonds. The van der Waals surface area contributed by atoms with E-state index < -0.39 is 0 Å². The zero-order valence-electron chi connectivity index (χ0n) is 11.4. The van der Waals surface area contributed by atoms with E-state index in [4.69, 9.17) is 5.73 Å². The zero-order valence-corrected chi connectivity index (χ0v) is 11.4. The molecule has 2 aromatic rings. The Morgan fingerprint density at radius 3 is 2.68 bits per heavy atom. The van der Waals surface area contributed by atoms with Gasteiger partial charge in [0.25, 0.3) is 0 Å². The summed E-state index contributed by atoms with van der Waals surface area (Å²) < 4.78 is 0. The lowest BCUT2D eigenvalue weighted by Crippen LogP contribution is -2.28. The molecule has 0 bridgehead atoms. The number of fused-ring (bicyclic) bond motifs is 1. The number of hydrogen-bond donors (Lipinski definition) is 1. The second-order valence-corrected chi connectivity index (χ2v) is 5.40. The average molecular weight is 252 g/mol. The van der Waals surface area contributed by atoms with Crippen LogP contribution in [0, 0.1) is 6.92 Å². The lowest BCUT2D eigenvalue weighted by atomic mass is 10.0. The van der Waals surface area contributed by atoms with E-state index in [1.165, 1.54) is 35.2 Å². The minimum atomic E-state index is 0.856. The van der Waals surface area contributed by atoms with Gasteiger partial charge in [-0.1, -0.05) is 35.9 Å². The molecule has 1 heterocycles. The lowest BCUT2D eigenvalue weighted by molar-refractivity contribution is 0.691. The molecular formula is C17H20N2. The Balaban J connectivity index is 1.87. The van der Waals surface area contributed by atoms with E-state index in [0.29, 0.717) is 0 Å².